The van der Waals surface area contributed by atoms with Crippen LogP contribution in [0.5, 0.6) is 0 Å². The van der Waals surface area contributed by atoms with Gasteiger partial charge in [0.25, 0.3) is 0 Å². The van der Waals surface area contributed by atoms with Gasteiger partial charge in [0, 0.05) is 11.4 Å². The van der Waals surface area contributed by atoms with E-state index in [4.69, 9.17) is 4.52 Å². The number of aryl methyl sites for hydroxylation is 2. The fourth-order valence-corrected chi connectivity index (χ4v) is 3.24. The van der Waals surface area contributed by atoms with Crippen LogP contribution in [-0.4, -0.2) is 24.9 Å². The third-order valence-corrected chi connectivity index (χ3v) is 4.47. The molecule has 1 rings (SSSR count). The number of hydrogen-bond donors (Lipinski definition) is 1. The van der Waals surface area contributed by atoms with Crippen LogP contribution in [0.3, 0.4) is 0 Å². The second-order valence-electron chi connectivity index (χ2n) is 3.97. The first kappa shape index (κ1) is 14.7. The van der Waals surface area contributed by atoms with Crippen molar-refractivity contribution in [3.05, 3.63) is 11.5 Å². The Bertz CT molecular complexity index is 448. The molecule has 98 valence electrons. The predicted octanol–water partition coefficient (Wildman–Crippen LogP) is 2.13. The summed E-state index contributed by atoms with van der Waals surface area (Å²) in [7, 11) is -3.50. The summed E-state index contributed by atoms with van der Waals surface area (Å²) in [6.45, 7) is 5.66. The fourth-order valence-electron chi connectivity index (χ4n) is 1.52. The Morgan fingerprint density at radius 2 is 2.12 bits per heavy atom. The van der Waals surface area contributed by atoms with Crippen molar-refractivity contribution < 1.29 is 12.9 Å². The molecule has 0 aliphatic rings. The van der Waals surface area contributed by atoms with Crippen molar-refractivity contribution in [2.45, 2.75) is 43.3 Å². The summed E-state index contributed by atoms with van der Waals surface area (Å²) in [5, 5.41) is 3.64. The molecule has 0 saturated carbocycles. The minimum atomic E-state index is -3.50. The number of sulfonamides is 1. The van der Waals surface area contributed by atoms with Crippen molar-refractivity contribution in [2.24, 2.45) is 0 Å². The van der Waals surface area contributed by atoms with Gasteiger partial charge in [-0.1, -0.05) is 28.0 Å². The van der Waals surface area contributed by atoms with Crippen molar-refractivity contribution in [3.8, 4) is 0 Å². The second kappa shape index (κ2) is 5.97. The minimum absolute atomic E-state index is 0.157. The maximum Gasteiger partial charge on any atom is 0.245 e. The first-order valence-electron chi connectivity index (χ1n) is 5.41. The molecule has 0 amide bonds. The number of rotatable bonds is 6. The van der Waals surface area contributed by atoms with E-state index in [0.717, 1.165) is 12.8 Å². The highest BCUT2D eigenvalue weighted by Crippen LogP contribution is 2.18. The maximum absolute atomic E-state index is 12.0. The third-order valence-electron chi connectivity index (χ3n) is 2.31. The van der Waals surface area contributed by atoms with E-state index in [1.54, 1.807) is 13.8 Å². The zero-order valence-corrected chi connectivity index (χ0v) is 12.6. The van der Waals surface area contributed by atoms with Crippen LogP contribution in [0, 0.1) is 13.8 Å². The molecule has 0 spiro atoms. The lowest BCUT2D eigenvalue weighted by molar-refractivity contribution is 0.390. The molecule has 0 saturated heterocycles. The molecule has 1 N–H and O–H groups in total. The first-order chi connectivity index (χ1) is 7.84. The van der Waals surface area contributed by atoms with Gasteiger partial charge < -0.3 is 4.52 Å². The Morgan fingerprint density at radius 3 is 2.59 bits per heavy atom. The largest absolute Gasteiger partial charge is 0.360 e. The highest BCUT2D eigenvalue weighted by Gasteiger charge is 2.23. The minimum Gasteiger partial charge on any atom is -0.360 e. The highest BCUT2D eigenvalue weighted by atomic mass is 79.9. The molecule has 1 atom stereocenters. The standard InChI is InChI=1S/C10H17BrN2O3S/c1-7(11)5-4-6-12-17(14,15)10-8(2)13-16-9(10)3/h7,12H,4-6H2,1-3H3. The van der Waals surface area contributed by atoms with Gasteiger partial charge in [0.1, 0.15) is 10.6 Å². The van der Waals surface area contributed by atoms with E-state index in [9.17, 15) is 8.42 Å². The van der Waals surface area contributed by atoms with Crippen LogP contribution in [0.1, 0.15) is 31.2 Å². The quantitative estimate of drug-likeness (QED) is 0.642. The molecule has 1 aromatic heterocycles. The van der Waals surface area contributed by atoms with Crippen LogP contribution in [0.25, 0.3) is 0 Å². The lowest BCUT2D eigenvalue weighted by atomic mass is 10.2. The SMILES string of the molecule is Cc1noc(C)c1S(=O)(=O)NCCCC(C)Br. The average molecular weight is 325 g/mol. The van der Waals surface area contributed by atoms with Crippen molar-refractivity contribution >= 4 is 26.0 Å². The summed E-state index contributed by atoms with van der Waals surface area (Å²) in [5.74, 6) is 0.323. The molecule has 5 nitrogen and oxygen atoms in total. The van der Waals surface area contributed by atoms with E-state index < -0.39 is 10.0 Å². The van der Waals surface area contributed by atoms with Gasteiger partial charge >= 0.3 is 0 Å². The zero-order chi connectivity index (χ0) is 13.1. The first-order valence-corrected chi connectivity index (χ1v) is 7.81. The summed E-state index contributed by atoms with van der Waals surface area (Å²) in [5.41, 5.74) is 0.392. The molecule has 0 aromatic carbocycles. The van der Waals surface area contributed by atoms with E-state index >= 15 is 0 Å². The van der Waals surface area contributed by atoms with Crippen molar-refractivity contribution in [2.75, 3.05) is 6.54 Å². The molecule has 0 fully saturated rings. The molecule has 0 aliphatic heterocycles. The molecule has 0 radical (unpaired) electrons. The predicted molar refractivity (Wildman–Crippen MR) is 68.8 cm³/mol. The summed E-state index contributed by atoms with van der Waals surface area (Å²) >= 11 is 3.41. The summed E-state index contributed by atoms with van der Waals surface area (Å²) in [6, 6.07) is 0. The molecule has 0 bridgehead atoms. The van der Waals surface area contributed by atoms with Crippen LogP contribution in [-0.2, 0) is 10.0 Å². The molecule has 7 heteroatoms. The number of aromatic nitrogens is 1. The Kier molecular flexibility index (Phi) is 5.15. The van der Waals surface area contributed by atoms with Crippen molar-refractivity contribution in [1.82, 2.24) is 9.88 Å². The summed E-state index contributed by atoms with van der Waals surface area (Å²) in [4.78, 5) is 0.551. The van der Waals surface area contributed by atoms with Crippen molar-refractivity contribution in [3.63, 3.8) is 0 Å². The fraction of sp³-hybridized carbons (Fsp3) is 0.700. The van der Waals surface area contributed by atoms with Crippen LogP contribution in [0.2, 0.25) is 0 Å². The van der Waals surface area contributed by atoms with E-state index in [2.05, 4.69) is 25.8 Å². The topological polar surface area (TPSA) is 72.2 Å². The average Bonchev–Trinajstić information content (AvgIpc) is 2.53. The Hall–Kier alpha value is -0.400. The van der Waals surface area contributed by atoms with Crippen molar-refractivity contribution in [1.29, 1.82) is 0 Å². The monoisotopic (exact) mass is 324 g/mol. The lowest BCUT2D eigenvalue weighted by Gasteiger charge is -2.06. The summed E-state index contributed by atoms with van der Waals surface area (Å²) < 4.78 is 31.3. The van der Waals surface area contributed by atoms with Gasteiger partial charge in [0.2, 0.25) is 10.0 Å². The van der Waals surface area contributed by atoms with E-state index in [-0.39, 0.29) is 4.90 Å². The van der Waals surface area contributed by atoms with Gasteiger partial charge in [-0.25, -0.2) is 13.1 Å². The molecule has 1 unspecified atom stereocenters. The van der Waals surface area contributed by atoms with Crippen LogP contribution in [0.4, 0.5) is 0 Å². The second-order valence-corrected chi connectivity index (χ2v) is 7.24. The van der Waals surface area contributed by atoms with Gasteiger partial charge in [0.15, 0.2) is 5.76 Å². The van der Waals surface area contributed by atoms with Crippen LogP contribution in [0.15, 0.2) is 9.42 Å². The molecule has 1 heterocycles. The number of alkyl halides is 1. The highest BCUT2D eigenvalue weighted by molar-refractivity contribution is 9.09. The van der Waals surface area contributed by atoms with Gasteiger partial charge in [-0.3, -0.25) is 0 Å². The van der Waals surface area contributed by atoms with E-state index in [1.807, 2.05) is 6.92 Å². The Morgan fingerprint density at radius 1 is 1.47 bits per heavy atom. The van der Waals surface area contributed by atoms with Gasteiger partial charge in [0.05, 0.1) is 0 Å². The molecular weight excluding hydrogens is 308 g/mol. The third kappa shape index (κ3) is 4.08. The number of nitrogens with one attached hydrogen (secondary N) is 1. The molecular formula is C10H17BrN2O3S. The van der Waals surface area contributed by atoms with Gasteiger partial charge in [-0.15, -0.1) is 0 Å². The Labute approximate surface area is 110 Å². The lowest BCUT2D eigenvalue weighted by Crippen LogP contribution is -2.26. The normalized spacial score (nSPS) is 13.9. The van der Waals surface area contributed by atoms with Crippen LogP contribution < -0.4 is 4.72 Å². The summed E-state index contributed by atoms with van der Waals surface area (Å²) in [6.07, 6.45) is 1.71. The zero-order valence-electron chi connectivity index (χ0n) is 10.2. The van der Waals surface area contributed by atoms with Gasteiger partial charge in [-0.05, 0) is 26.7 Å². The number of halogens is 1. The van der Waals surface area contributed by atoms with E-state index in [1.165, 1.54) is 0 Å². The maximum atomic E-state index is 12.0. The number of nitrogens with zero attached hydrogens (tertiary/aromatic N) is 1. The smallest absolute Gasteiger partial charge is 0.245 e. The molecule has 0 aliphatic carbocycles. The van der Waals surface area contributed by atoms with E-state index in [0.29, 0.717) is 22.8 Å². The molecule has 1 aromatic rings. The Balaban J connectivity index is 2.64. The van der Waals surface area contributed by atoms with Crippen LogP contribution >= 0.6 is 15.9 Å². The van der Waals surface area contributed by atoms with Gasteiger partial charge in [-0.2, -0.15) is 0 Å². The molecule has 17 heavy (non-hydrogen) atoms. The number of hydrogen-bond acceptors (Lipinski definition) is 4.